The smallest absolute Gasteiger partial charge is 0.255 e. The maximum absolute atomic E-state index is 12.1. The first kappa shape index (κ1) is 16.5. The number of hydrogen-bond donors (Lipinski definition) is 1. The molecule has 5 nitrogen and oxygen atoms in total. The number of benzene rings is 1. The van der Waals surface area contributed by atoms with Gasteiger partial charge in [-0.15, -0.1) is 0 Å². The summed E-state index contributed by atoms with van der Waals surface area (Å²) in [7, 11) is 0. The van der Waals surface area contributed by atoms with E-state index >= 15 is 0 Å². The molecular formula is C18H19N3O2. The summed E-state index contributed by atoms with van der Waals surface area (Å²) >= 11 is 0. The predicted molar refractivity (Wildman–Crippen MR) is 88.4 cm³/mol. The van der Waals surface area contributed by atoms with Crippen molar-refractivity contribution in [2.45, 2.75) is 26.2 Å². The van der Waals surface area contributed by atoms with E-state index in [2.05, 4.69) is 23.3 Å². The fraction of sp³-hybridized carbons (Fsp3) is 0.278. The van der Waals surface area contributed by atoms with Crippen LogP contribution in [0.25, 0.3) is 0 Å². The molecule has 118 valence electrons. The van der Waals surface area contributed by atoms with Gasteiger partial charge in [-0.2, -0.15) is 5.26 Å². The van der Waals surface area contributed by atoms with Gasteiger partial charge in [-0.1, -0.05) is 19.8 Å². The highest BCUT2D eigenvalue weighted by atomic mass is 16.5. The molecule has 5 heteroatoms. The molecule has 0 fully saturated rings. The van der Waals surface area contributed by atoms with Crippen LogP contribution in [0.1, 0.15) is 42.1 Å². The third kappa shape index (κ3) is 4.82. The lowest BCUT2D eigenvalue weighted by atomic mass is 10.1. The van der Waals surface area contributed by atoms with Gasteiger partial charge < -0.3 is 10.1 Å². The van der Waals surface area contributed by atoms with Gasteiger partial charge in [-0.3, -0.25) is 9.78 Å². The number of amides is 1. The van der Waals surface area contributed by atoms with Crippen molar-refractivity contribution in [1.29, 1.82) is 5.26 Å². The molecule has 0 saturated heterocycles. The van der Waals surface area contributed by atoms with Crippen LogP contribution in [0.5, 0.6) is 5.75 Å². The SMILES string of the molecule is CCCCCOc1ccc(NC(=O)c2ccncc2)cc1C#N. The minimum atomic E-state index is -0.243. The molecule has 0 aliphatic heterocycles. The Hall–Kier alpha value is -2.87. The zero-order valence-electron chi connectivity index (χ0n) is 13.1. The monoisotopic (exact) mass is 309 g/mol. The number of carbonyl (C=O) groups is 1. The zero-order chi connectivity index (χ0) is 16.5. The molecule has 0 atom stereocenters. The molecule has 1 heterocycles. The van der Waals surface area contributed by atoms with Crippen molar-refractivity contribution in [2.24, 2.45) is 0 Å². The summed E-state index contributed by atoms with van der Waals surface area (Å²) in [6.45, 7) is 2.71. The van der Waals surface area contributed by atoms with Gasteiger partial charge in [-0.05, 0) is 36.8 Å². The Bertz CT molecular complexity index is 693. The second-order valence-corrected chi connectivity index (χ2v) is 5.07. The van der Waals surface area contributed by atoms with Gasteiger partial charge in [0.1, 0.15) is 11.8 Å². The van der Waals surface area contributed by atoms with Crippen LogP contribution in [0, 0.1) is 11.3 Å². The Morgan fingerprint density at radius 3 is 2.74 bits per heavy atom. The van der Waals surface area contributed by atoms with Crippen LogP contribution in [0.2, 0.25) is 0 Å². The molecule has 1 aromatic carbocycles. The number of ether oxygens (including phenoxy) is 1. The van der Waals surface area contributed by atoms with E-state index in [0.717, 1.165) is 19.3 Å². The first-order valence-corrected chi connectivity index (χ1v) is 7.63. The molecule has 23 heavy (non-hydrogen) atoms. The normalized spacial score (nSPS) is 9.91. The lowest BCUT2D eigenvalue weighted by Gasteiger charge is -2.10. The molecule has 0 radical (unpaired) electrons. The molecule has 0 unspecified atom stereocenters. The van der Waals surface area contributed by atoms with Crippen LogP contribution in [-0.2, 0) is 0 Å². The summed E-state index contributed by atoms with van der Waals surface area (Å²) in [6, 6.07) is 10.4. The third-order valence-electron chi connectivity index (χ3n) is 3.31. The summed E-state index contributed by atoms with van der Waals surface area (Å²) in [5.74, 6) is 0.304. The molecule has 1 amide bonds. The molecular weight excluding hydrogens is 290 g/mol. The Morgan fingerprint density at radius 2 is 2.04 bits per heavy atom. The van der Waals surface area contributed by atoms with E-state index in [1.165, 1.54) is 0 Å². The molecule has 0 bridgehead atoms. The number of anilines is 1. The van der Waals surface area contributed by atoms with E-state index in [4.69, 9.17) is 4.74 Å². The van der Waals surface area contributed by atoms with E-state index < -0.39 is 0 Å². The standard InChI is InChI=1S/C18H19N3O2/c1-2-3-4-11-23-17-6-5-16(12-15(17)13-19)21-18(22)14-7-9-20-10-8-14/h5-10,12H,2-4,11H2,1H3,(H,21,22). The lowest BCUT2D eigenvalue weighted by Crippen LogP contribution is -2.12. The number of carbonyl (C=O) groups excluding carboxylic acids is 1. The van der Waals surface area contributed by atoms with Crippen molar-refractivity contribution >= 4 is 11.6 Å². The molecule has 0 aliphatic carbocycles. The number of nitrogens with zero attached hydrogens (tertiary/aromatic N) is 2. The maximum atomic E-state index is 12.1. The number of nitriles is 1. The van der Waals surface area contributed by atoms with Crippen LogP contribution in [-0.4, -0.2) is 17.5 Å². The zero-order valence-corrected chi connectivity index (χ0v) is 13.1. The van der Waals surface area contributed by atoms with E-state index in [9.17, 15) is 10.1 Å². The van der Waals surface area contributed by atoms with Gasteiger partial charge in [0, 0.05) is 23.6 Å². The number of rotatable bonds is 7. The number of pyridine rings is 1. The largest absolute Gasteiger partial charge is 0.492 e. The Morgan fingerprint density at radius 1 is 1.26 bits per heavy atom. The van der Waals surface area contributed by atoms with Crippen molar-refractivity contribution in [3.05, 3.63) is 53.9 Å². The van der Waals surface area contributed by atoms with Gasteiger partial charge in [0.2, 0.25) is 0 Å². The highest BCUT2D eigenvalue weighted by Gasteiger charge is 2.09. The molecule has 2 rings (SSSR count). The highest BCUT2D eigenvalue weighted by Crippen LogP contribution is 2.23. The van der Waals surface area contributed by atoms with Gasteiger partial charge in [-0.25, -0.2) is 0 Å². The second-order valence-electron chi connectivity index (χ2n) is 5.07. The first-order valence-electron chi connectivity index (χ1n) is 7.63. The average Bonchev–Trinajstić information content (AvgIpc) is 2.60. The fourth-order valence-corrected chi connectivity index (χ4v) is 2.06. The third-order valence-corrected chi connectivity index (χ3v) is 3.31. The van der Waals surface area contributed by atoms with Gasteiger partial charge in [0.25, 0.3) is 5.91 Å². The van der Waals surface area contributed by atoms with Crippen molar-refractivity contribution in [1.82, 2.24) is 4.98 Å². The van der Waals surface area contributed by atoms with Crippen LogP contribution >= 0.6 is 0 Å². The molecule has 0 saturated carbocycles. The van der Waals surface area contributed by atoms with Crippen LogP contribution < -0.4 is 10.1 Å². The quantitative estimate of drug-likeness (QED) is 0.790. The first-order chi connectivity index (χ1) is 11.2. The molecule has 0 aliphatic rings. The number of unbranched alkanes of at least 4 members (excludes halogenated alkanes) is 2. The molecule has 2 aromatic rings. The van der Waals surface area contributed by atoms with E-state index in [1.54, 1.807) is 42.7 Å². The minimum Gasteiger partial charge on any atom is -0.492 e. The number of hydrogen-bond acceptors (Lipinski definition) is 4. The van der Waals surface area contributed by atoms with Crippen LogP contribution in [0.15, 0.2) is 42.7 Å². The predicted octanol–water partition coefficient (Wildman–Crippen LogP) is 3.77. The summed E-state index contributed by atoms with van der Waals surface area (Å²) in [5, 5.41) is 12.0. The Balaban J connectivity index is 2.04. The average molecular weight is 309 g/mol. The summed E-state index contributed by atoms with van der Waals surface area (Å²) < 4.78 is 5.63. The topological polar surface area (TPSA) is 75.0 Å². The summed E-state index contributed by atoms with van der Waals surface area (Å²) in [6.07, 6.45) is 6.30. The Labute approximate surface area is 135 Å². The van der Waals surface area contributed by atoms with Gasteiger partial charge in [0.15, 0.2) is 0 Å². The van der Waals surface area contributed by atoms with Crippen LogP contribution in [0.4, 0.5) is 5.69 Å². The van der Waals surface area contributed by atoms with Crippen molar-refractivity contribution < 1.29 is 9.53 Å². The summed E-state index contributed by atoms with van der Waals surface area (Å²) in [5.41, 5.74) is 1.48. The molecule has 1 N–H and O–H groups in total. The van der Waals surface area contributed by atoms with Crippen molar-refractivity contribution in [3.63, 3.8) is 0 Å². The van der Waals surface area contributed by atoms with Crippen molar-refractivity contribution in [3.8, 4) is 11.8 Å². The lowest BCUT2D eigenvalue weighted by molar-refractivity contribution is 0.102. The molecule has 1 aromatic heterocycles. The fourth-order valence-electron chi connectivity index (χ4n) is 2.06. The highest BCUT2D eigenvalue weighted by molar-refractivity contribution is 6.04. The minimum absolute atomic E-state index is 0.243. The van der Waals surface area contributed by atoms with Crippen molar-refractivity contribution in [2.75, 3.05) is 11.9 Å². The van der Waals surface area contributed by atoms with E-state index in [0.29, 0.717) is 29.2 Å². The van der Waals surface area contributed by atoms with E-state index in [1.807, 2.05) is 0 Å². The molecule has 0 spiro atoms. The second kappa shape index (κ2) is 8.54. The van der Waals surface area contributed by atoms with Gasteiger partial charge >= 0.3 is 0 Å². The Kier molecular flexibility index (Phi) is 6.13. The van der Waals surface area contributed by atoms with Gasteiger partial charge in [0.05, 0.1) is 12.2 Å². The summed E-state index contributed by atoms with van der Waals surface area (Å²) in [4.78, 5) is 16.0. The number of nitrogens with one attached hydrogen (secondary N) is 1. The van der Waals surface area contributed by atoms with E-state index in [-0.39, 0.29) is 5.91 Å². The maximum Gasteiger partial charge on any atom is 0.255 e. The van der Waals surface area contributed by atoms with Crippen LogP contribution in [0.3, 0.4) is 0 Å². The number of aromatic nitrogens is 1.